The summed E-state index contributed by atoms with van der Waals surface area (Å²) >= 11 is 0. The summed E-state index contributed by atoms with van der Waals surface area (Å²) in [5, 5.41) is 10.4. The normalized spacial score (nSPS) is 15.1. The Morgan fingerprint density at radius 2 is 1.86 bits per heavy atom. The van der Waals surface area contributed by atoms with Gasteiger partial charge in [-0.05, 0) is 55.0 Å². The third kappa shape index (κ3) is 3.52. The van der Waals surface area contributed by atoms with Gasteiger partial charge in [0.25, 0.3) is 0 Å². The van der Waals surface area contributed by atoms with Gasteiger partial charge in [0.15, 0.2) is 0 Å². The number of carboxylic acids is 1. The Kier molecular flexibility index (Phi) is 4.90. The largest absolute Gasteiger partial charge is 0.478 e. The van der Waals surface area contributed by atoms with Crippen molar-refractivity contribution in [1.82, 2.24) is 9.88 Å². The van der Waals surface area contributed by atoms with Crippen LogP contribution in [0.4, 0.5) is 0 Å². The number of aryl methyl sites for hydroxylation is 1. The summed E-state index contributed by atoms with van der Waals surface area (Å²) in [4.78, 5) is 29.2. The molecule has 1 fully saturated rings. The van der Waals surface area contributed by atoms with Crippen molar-refractivity contribution in [1.29, 1.82) is 0 Å². The molecule has 2 N–H and O–H groups in total. The minimum atomic E-state index is -0.968. The van der Waals surface area contributed by atoms with Crippen LogP contribution in [0.2, 0.25) is 0 Å². The number of piperidine rings is 1. The Balaban J connectivity index is 1.42. The summed E-state index contributed by atoms with van der Waals surface area (Å²) < 4.78 is 0. The molecule has 0 radical (unpaired) electrons. The Labute approximate surface area is 164 Å². The summed E-state index contributed by atoms with van der Waals surface area (Å²) in [5.74, 6) is -0.448. The number of carboxylic acid groups (broad SMARTS) is 1. The lowest BCUT2D eigenvalue weighted by Gasteiger charge is -2.32. The van der Waals surface area contributed by atoms with Crippen LogP contribution in [0.3, 0.4) is 0 Å². The van der Waals surface area contributed by atoms with Gasteiger partial charge in [-0.3, -0.25) is 4.79 Å². The van der Waals surface area contributed by atoms with Gasteiger partial charge in [0.1, 0.15) is 0 Å². The van der Waals surface area contributed by atoms with E-state index in [1.165, 1.54) is 22.2 Å². The van der Waals surface area contributed by atoms with Crippen LogP contribution in [-0.4, -0.2) is 40.0 Å². The quantitative estimate of drug-likeness (QED) is 0.719. The zero-order chi connectivity index (χ0) is 19.7. The van der Waals surface area contributed by atoms with Gasteiger partial charge in [-0.1, -0.05) is 30.3 Å². The van der Waals surface area contributed by atoms with Crippen LogP contribution in [0.15, 0.2) is 48.5 Å². The Morgan fingerprint density at radius 3 is 2.61 bits per heavy atom. The molecular formula is C23H24N2O3. The standard InChI is InChI=1S/C23H24N2O3/c1-15-22(19-7-2-3-8-20(19)24-15)17-9-11-25(12-10-17)21(26)14-16-5-4-6-18(13-16)23(27)28/h2-8,13,17,24H,9-12,14H2,1H3,(H,27,28). The highest BCUT2D eigenvalue weighted by atomic mass is 16.4. The summed E-state index contributed by atoms with van der Waals surface area (Å²) in [6.45, 7) is 3.60. The summed E-state index contributed by atoms with van der Waals surface area (Å²) in [6, 6.07) is 15.0. The number of aromatic amines is 1. The maximum absolute atomic E-state index is 12.7. The molecule has 0 saturated carbocycles. The number of rotatable bonds is 4. The van der Waals surface area contributed by atoms with E-state index in [2.05, 4.69) is 30.1 Å². The topological polar surface area (TPSA) is 73.4 Å². The number of para-hydroxylation sites is 1. The van der Waals surface area contributed by atoms with Crippen molar-refractivity contribution >= 4 is 22.8 Å². The first kappa shape index (κ1) is 18.3. The van der Waals surface area contributed by atoms with Crippen LogP contribution in [0.25, 0.3) is 10.9 Å². The zero-order valence-electron chi connectivity index (χ0n) is 15.9. The number of H-pyrrole nitrogens is 1. The van der Waals surface area contributed by atoms with Crippen LogP contribution < -0.4 is 0 Å². The van der Waals surface area contributed by atoms with E-state index < -0.39 is 5.97 Å². The van der Waals surface area contributed by atoms with Gasteiger partial charge >= 0.3 is 5.97 Å². The summed E-state index contributed by atoms with van der Waals surface area (Å²) in [5.41, 5.74) is 4.75. The smallest absolute Gasteiger partial charge is 0.335 e. The predicted octanol–water partition coefficient (Wildman–Crippen LogP) is 4.12. The lowest BCUT2D eigenvalue weighted by molar-refractivity contribution is -0.131. The molecule has 0 spiro atoms. The molecule has 2 aromatic carbocycles. The van der Waals surface area contributed by atoms with E-state index in [-0.39, 0.29) is 17.9 Å². The van der Waals surface area contributed by atoms with Crippen LogP contribution in [0.1, 0.15) is 45.9 Å². The molecular weight excluding hydrogens is 352 g/mol. The molecule has 0 aliphatic carbocycles. The van der Waals surface area contributed by atoms with Gasteiger partial charge in [-0.2, -0.15) is 0 Å². The van der Waals surface area contributed by atoms with E-state index in [0.29, 0.717) is 5.92 Å². The first-order valence-corrected chi connectivity index (χ1v) is 9.70. The second kappa shape index (κ2) is 7.50. The predicted molar refractivity (Wildman–Crippen MR) is 109 cm³/mol. The molecule has 5 nitrogen and oxygen atoms in total. The number of carbonyl (C=O) groups excluding carboxylic acids is 1. The van der Waals surface area contributed by atoms with Crippen LogP contribution >= 0.6 is 0 Å². The maximum atomic E-state index is 12.7. The third-order valence-electron chi connectivity index (χ3n) is 5.73. The average Bonchev–Trinajstić information content (AvgIpc) is 3.04. The fourth-order valence-corrected chi connectivity index (χ4v) is 4.34. The molecule has 1 amide bonds. The molecule has 4 rings (SSSR count). The van der Waals surface area contributed by atoms with Gasteiger partial charge in [-0.25, -0.2) is 4.79 Å². The van der Waals surface area contributed by atoms with Crippen molar-refractivity contribution < 1.29 is 14.7 Å². The highest BCUT2D eigenvalue weighted by Gasteiger charge is 2.26. The van der Waals surface area contributed by atoms with Crippen molar-refractivity contribution in [3.05, 3.63) is 70.9 Å². The third-order valence-corrected chi connectivity index (χ3v) is 5.73. The Bertz CT molecular complexity index is 1030. The number of aromatic nitrogens is 1. The lowest BCUT2D eigenvalue weighted by atomic mass is 9.87. The lowest BCUT2D eigenvalue weighted by Crippen LogP contribution is -2.38. The van der Waals surface area contributed by atoms with Gasteiger partial charge < -0.3 is 15.0 Å². The summed E-state index contributed by atoms with van der Waals surface area (Å²) in [7, 11) is 0. The van der Waals surface area contributed by atoms with Crippen molar-refractivity contribution in [3.8, 4) is 0 Å². The van der Waals surface area contributed by atoms with E-state index in [0.717, 1.165) is 31.5 Å². The molecule has 3 aromatic rings. The molecule has 0 atom stereocenters. The second-order valence-electron chi connectivity index (χ2n) is 7.55. The van der Waals surface area contributed by atoms with Crippen molar-refractivity contribution in [3.63, 3.8) is 0 Å². The van der Waals surface area contributed by atoms with Gasteiger partial charge in [0.05, 0.1) is 12.0 Å². The minimum Gasteiger partial charge on any atom is -0.478 e. The Morgan fingerprint density at radius 1 is 1.11 bits per heavy atom. The SMILES string of the molecule is Cc1[nH]c2ccccc2c1C1CCN(C(=O)Cc2cccc(C(=O)O)c2)CC1. The van der Waals surface area contributed by atoms with Crippen LogP contribution in [0.5, 0.6) is 0 Å². The number of amides is 1. The molecule has 1 aliphatic rings. The molecule has 5 heteroatoms. The van der Waals surface area contributed by atoms with E-state index in [1.54, 1.807) is 18.2 Å². The monoisotopic (exact) mass is 376 g/mol. The van der Waals surface area contributed by atoms with Crippen molar-refractivity contribution in [2.75, 3.05) is 13.1 Å². The number of hydrogen-bond donors (Lipinski definition) is 2. The molecule has 2 heterocycles. The highest BCUT2D eigenvalue weighted by Crippen LogP contribution is 2.35. The number of hydrogen-bond acceptors (Lipinski definition) is 2. The first-order valence-electron chi connectivity index (χ1n) is 9.70. The van der Waals surface area contributed by atoms with Crippen molar-refractivity contribution in [2.24, 2.45) is 0 Å². The second-order valence-corrected chi connectivity index (χ2v) is 7.55. The van der Waals surface area contributed by atoms with E-state index in [4.69, 9.17) is 5.11 Å². The maximum Gasteiger partial charge on any atom is 0.335 e. The number of aromatic carboxylic acids is 1. The van der Waals surface area contributed by atoms with E-state index in [9.17, 15) is 9.59 Å². The van der Waals surface area contributed by atoms with Crippen molar-refractivity contribution in [2.45, 2.75) is 32.1 Å². The summed E-state index contributed by atoms with van der Waals surface area (Å²) in [6.07, 6.45) is 2.14. The molecule has 1 saturated heterocycles. The molecule has 1 aliphatic heterocycles. The Hall–Kier alpha value is -3.08. The minimum absolute atomic E-state index is 0.0663. The molecule has 28 heavy (non-hydrogen) atoms. The van der Waals surface area contributed by atoms with E-state index >= 15 is 0 Å². The van der Waals surface area contributed by atoms with Gasteiger partial charge in [0, 0.05) is 29.7 Å². The number of fused-ring (bicyclic) bond motifs is 1. The first-order chi connectivity index (χ1) is 13.5. The number of likely N-dealkylation sites (tertiary alicyclic amines) is 1. The van der Waals surface area contributed by atoms with Crippen LogP contribution in [0, 0.1) is 6.92 Å². The number of nitrogens with one attached hydrogen (secondary N) is 1. The molecule has 144 valence electrons. The average molecular weight is 376 g/mol. The number of carbonyl (C=O) groups is 2. The number of benzene rings is 2. The van der Waals surface area contributed by atoms with Crippen LogP contribution in [-0.2, 0) is 11.2 Å². The molecule has 0 unspecified atom stereocenters. The number of nitrogens with zero attached hydrogens (tertiary/aromatic N) is 1. The fourth-order valence-electron chi connectivity index (χ4n) is 4.34. The molecule has 0 bridgehead atoms. The molecule has 1 aromatic heterocycles. The highest BCUT2D eigenvalue weighted by molar-refractivity contribution is 5.88. The van der Waals surface area contributed by atoms with E-state index in [1.807, 2.05) is 17.0 Å². The zero-order valence-corrected chi connectivity index (χ0v) is 15.9. The van der Waals surface area contributed by atoms with Gasteiger partial charge in [0.2, 0.25) is 5.91 Å². The fraction of sp³-hybridized carbons (Fsp3) is 0.304. The van der Waals surface area contributed by atoms with Gasteiger partial charge in [-0.15, -0.1) is 0 Å².